The molecule has 1 aromatic heterocycles. The van der Waals surface area contributed by atoms with Crippen LogP contribution < -0.4 is 14.2 Å². The molecule has 0 aliphatic heterocycles. The monoisotopic (exact) mass is 388 g/mol. The predicted molar refractivity (Wildman–Crippen MR) is 102 cm³/mol. The van der Waals surface area contributed by atoms with Gasteiger partial charge in [-0.3, -0.25) is 0 Å². The maximum atomic E-state index is 12.9. The van der Waals surface area contributed by atoms with Crippen molar-refractivity contribution < 1.29 is 22.4 Å². The highest BCUT2D eigenvalue weighted by Gasteiger charge is 2.24. The molecular formula is C19H20N2O5S. The van der Waals surface area contributed by atoms with E-state index in [0.29, 0.717) is 11.3 Å². The first-order valence-electron chi connectivity index (χ1n) is 8.13. The molecule has 0 saturated heterocycles. The van der Waals surface area contributed by atoms with E-state index in [4.69, 9.17) is 14.0 Å². The fraction of sp³-hybridized carbons (Fsp3) is 0.211. The maximum absolute atomic E-state index is 12.9. The lowest BCUT2D eigenvalue weighted by atomic mass is 10.1. The van der Waals surface area contributed by atoms with Crippen LogP contribution in [0.2, 0.25) is 0 Å². The Labute approximate surface area is 158 Å². The van der Waals surface area contributed by atoms with E-state index in [2.05, 4.69) is 9.88 Å². The van der Waals surface area contributed by atoms with Gasteiger partial charge < -0.3 is 14.0 Å². The number of aromatic nitrogens is 1. The van der Waals surface area contributed by atoms with Crippen molar-refractivity contribution in [3.8, 4) is 22.6 Å². The number of aryl methyl sites for hydroxylation is 2. The summed E-state index contributed by atoms with van der Waals surface area (Å²) in [5, 5.41) is 3.73. The quantitative estimate of drug-likeness (QED) is 0.691. The number of sulfonamides is 1. The number of anilines is 1. The van der Waals surface area contributed by atoms with Gasteiger partial charge >= 0.3 is 0 Å². The van der Waals surface area contributed by atoms with E-state index >= 15 is 0 Å². The average Bonchev–Trinajstić information content (AvgIpc) is 3.10. The van der Waals surface area contributed by atoms with Crippen molar-refractivity contribution in [2.45, 2.75) is 18.7 Å². The van der Waals surface area contributed by atoms with Gasteiger partial charge in [-0.1, -0.05) is 17.3 Å². The van der Waals surface area contributed by atoms with E-state index in [1.807, 2.05) is 13.8 Å². The van der Waals surface area contributed by atoms with Gasteiger partial charge in [0.2, 0.25) is 5.88 Å². The highest BCUT2D eigenvalue weighted by molar-refractivity contribution is 7.92. The number of ether oxygens (including phenoxy) is 2. The summed E-state index contributed by atoms with van der Waals surface area (Å²) >= 11 is 0. The molecule has 1 heterocycles. The number of hydrogen-bond acceptors (Lipinski definition) is 6. The van der Waals surface area contributed by atoms with Crippen molar-refractivity contribution in [1.29, 1.82) is 0 Å². The first-order chi connectivity index (χ1) is 12.9. The molecule has 2 aromatic carbocycles. The summed E-state index contributed by atoms with van der Waals surface area (Å²) < 4.78 is 43.9. The van der Waals surface area contributed by atoms with Crippen LogP contribution in [0.25, 0.3) is 11.1 Å². The molecule has 1 N–H and O–H groups in total. The topological polar surface area (TPSA) is 90.7 Å². The average molecular weight is 388 g/mol. The van der Waals surface area contributed by atoms with Crippen LogP contribution in [0, 0.1) is 13.8 Å². The summed E-state index contributed by atoms with van der Waals surface area (Å²) in [5.74, 6) is 0.980. The van der Waals surface area contributed by atoms with Gasteiger partial charge in [-0.05, 0) is 54.8 Å². The largest absolute Gasteiger partial charge is 0.497 e. The molecule has 0 bridgehead atoms. The van der Waals surface area contributed by atoms with E-state index < -0.39 is 10.0 Å². The predicted octanol–water partition coefficient (Wildman–Crippen LogP) is 3.78. The second-order valence-electron chi connectivity index (χ2n) is 5.99. The van der Waals surface area contributed by atoms with E-state index in [1.165, 1.54) is 13.3 Å². The van der Waals surface area contributed by atoms with Gasteiger partial charge in [0.05, 0.1) is 26.0 Å². The summed E-state index contributed by atoms with van der Waals surface area (Å²) in [4.78, 5) is 0.0326. The van der Waals surface area contributed by atoms with Gasteiger partial charge in [-0.15, -0.1) is 0 Å². The standard InChI is InChI=1S/C19H20N2O5S/c1-12-9-17(25-4)18(10-13(12)2)27(22,23)21-19-16(11-20-26-19)14-5-7-15(24-3)8-6-14/h5-11,21H,1-4H3. The number of rotatable bonds is 6. The first-order valence-corrected chi connectivity index (χ1v) is 9.61. The van der Waals surface area contributed by atoms with Gasteiger partial charge in [0.25, 0.3) is 10.0 Å². The molecule has 7 nitrogen and oxygen atoms in total. The van der Waals surface area contributed by atoms with Crippen molar-refractivity contribution in [1.82, 2.24) is 5.16 Å². The van der Waals surface area contributed by atoms with Crippen LogP contribution >= 0.6 is 0 Å². The van der Waals surface area contributed by atoms with E-state index in [1.54, 1.807) is 43.5 Å². The minimum atomic E-state index is -3.94. The second kappa shape index (κ2) is 7.32. The van der Waals surface area contributed by atoms with E-state index in [9.17, 15) is 8.42 Å². The number of nitrogens with one attached hydrogen (secondary N) is 1. The molecular weight excluding hydrogens is 368 g/mol. The Morgan fingerprint density at radius 3 is 2.30 bits per heavy atom. The molecule has 0 fully saturated rings. The van der Waals surface area contributed by atoms with E-state index in [0.717, 1.165) is 16.7 Å². The Kier molecular flexibility index (Phi) is 5.09. The minimum Gasteiger partial charge on any atom is -0.497 e. The third-order valence-electron chi connectivity index (χ3n) is 4.27. The summed E-state index contributed by atoms with van der Waals surface area (Å²) in [7, 11) is -0.937. The highest BCUT2D eigenvalue weighted by atomic mass is 32.2. The minimum absolute atomic E-state index is 0.0282. The van der Waals surface area contributed by atoms with Crippen LogP contribution in [0.15, 0.2) is 52.0 Å². The summed E-state index contributed by atoms with van der Waals surface area (Å²) in [6, 6.07) is 10.4. The van der Waals surface area contributed by atoms with Gasteiger partial charge in [-0.25, -0.2) is 13.1 Å². The van der Waals surface area contributed by atoms with Crippen LogP contribution in [0.5, 0.6) is 11.5 Å². The SMILES string of the molecule is COc1ccc(-c2cnoc2NS(=O)(=O)c2cc(C)c(C)cc2OC)cc1. The third kappa shape index (κ3) is 3.75. The Bertz CT molecular complexity index is 1060. The maximum Gasteiger partial charge on any atom is 0.267 e. The lowest BCUT2D eigenvalue weighted by Crippen LogP contribution is -2.14. The normalized spacial score (nSPS) is 11.3. The smallest absolute Gasteiger partial charge is 0.267 e. The van der Waals surface area contributed by atoms with Gasteiger partial charge in [-0.2, -0.15) is 0 Å². The molecule has 0 unspecified atom stereocenters. The number of methoxy groups -OCH3 is 2. The molecule has 0 saturated carbocycles. The van der Waals surface area contributed by atoms with Gasteiger partial charge in [0, 0.05) is 0 Å². The lowest BCUT2D eigenvalue weighted by Gasteiger charge is -2.13. The van der Waals surface area contributed by atoms with Gasteiger partial charge in [0.1, 0.15) is 16.4 Å². The third-order valence-corrected chi connectivity index (χ3v) is 5.62. The van der Waals surface area contributed by atoms with Crippen molar-refractivity contribution >= 4 is 15.9 Å². The molecule has 27 heavy (non-hydrogen) atoms. The van der Waals surface area contributed by atoms with Crippen LogP contribution in [0.3, 0.4) is 0 Å². The molecule has 0 aliphatic rings. The van der Waals surface area contributed by atoms with Crippen molar-refractivity contribution in [3.63, 3.8) is 0 Å². The molecule has 3 aromatic rings. The summed E-state index contributed by atoms with van der Waals surface area (Å²) in [6.45, 7) is 3.73. The van der Waals surface area contributed by atoms with Crippen LogP contribution in [-0.2, 0) is 10.0 Å². The van der Waals surface area contributed by atoms with E-state index in [-0.39, 0.29) is 16.5 Å². The van der Waals surface area contributed by atoms with Crippen LogP contribution in [0.1, 0.15) is 11.1 Å². The van der Waals surface area contributed by atoms with Crippen molar-refractivity contribution in [3.05, 3.63) is 53.7 Å². The second-order valence-corrected chi connectivity index (χ2v) is 7.64. The fourth-order valence-electron chi connectivity index (χ4n) is 2.60. The van der Waals surface area contributed by atoms with Crippen molar-refractivity contribution in [2.75, 3.05) is 18.9 Å². The molecule has 0 amide bonds. The number of nitrogens with zero attached hydrogens (tertiary/aromatic N) is 1. The Morgan fingerprint density at radius 1 is 1.00 bits per heavy atom. The zero-order chi connectivity index (χ0) is 19.6. The molecule has 3 rings (SSSR count). The number of benzene rings is 2. The molecule has 142 valence electrons. The summed E-state index contributed by atoms with van der Waals surface area (Å²) in [6.07, 6.45) is 1.46. The Balaban J connectivity index is 1.98. The lowest BCUT2D eigenvalue weighted by molar-refractivity contribution is 0.402. The fourth-order valence-corrected chi connectivity index (χ4v) is 3.84. The molecule has 0 spiro atoms. The molecule has 0 radical (unpaired) electrons. The molecule has 0 atom stereocenters. The Hall–Kier alpha value is -3.00. The number of hydrogen-bond donors (Lipinski definition) is 1. The molecule has 8 heteroatoms. The Morgan fingerprint density at radius 2 is 1.67 bits per heavy atom. The van der Waals surface area contributed by atoms with Crippen LogP contribution in [0.4, 0.5) is 5.88 Å². The van der Waals surface area contributed by atoms with Crippen LogP contribution in [-0.4, -0.2) is 27.8 Å². The summed E-state index contributed by atoms with van der Waals surface area (Å²) in [5.41, 5.74) is 3.03. The zero-order valence-corrected chi connectivity index (χ0v) is 16.3. The van der Waals surface area contributed by atoms with Crippen molar-refractivity contribution in [2.24, 2.45) is 0 Å². The zero-order valence-electron chi connectivity index (χ0n) is 15.4. The molecule has 0 aliphatic carbocycles. The first kappa shape index (κ1) is 18.8. The van der Waals surface area contributed by atoms with Gasteiger partial charge in [0.15, 0.2) is 0 Å². The highest BCUT2D eigenvalue weighted by Crippen LogP contribution is 2.33.